The Bertz CT molecular complexity index is 434. The third-order valence-corrected chi connectivity index (χ3v) is 3.35. The lowest BCUT2D eigenvalue weighted by atomic mass is 9.96. The van der Waals surface area contributed by atoms with Crippen molar-refractivity contribution in [2.45, 2.75) is 18.3 Å². The van der Waals surface area contributed by atoms with Gasteiger partial charge in [-0.15, -0.1) is 0 Å². The molecule has 1 aliphatic rings. The van der Waals surface area contributed by atoms with Crippen LogP contribution in [0.25, 0.3) is 0 Å². The van der Waals surface area contributed by atoms with E-state index in [0.717, 1.165) is 18.4 Å². The lowest BCUT2D eigenvalue weighted by Gasteiger charge is -2.13. The second kappa shape index (κ2) is 3.97. The standard InChI is InChI=1S/C11H9Cl2NO/c12-8-1-2-9(10(13)5-8)11(3-4-11)6-14-7-15/h1-2,5H,3-4,6H2. The van der Waals surface area contributed by atoms with Crippen LogP contribution in [0, 0.1) is 0 Å². The molecule has 0 bridgehead atoms. The summed E-state index contributed by atoms with van der Waals surface area (Å²) >= 11 is 11.9. The number of carbonyl (C=O) groups excluding carboxylic acids is 1. The highest BCUT2D eigenvalue weighted by Gasteiger charge is 2.45. The van der Waals surface area contributed by atoms with Crippen molar-refractivity contribution >= 4 is 29.3 Å². The second-order valence-corrected chi connectivity index (χ2v) is 4.66. The smallest absolute Gasteiger partial charge is 0.211 e. The average Bonchev–Trinajstić information content (AvgIpc) is 2.96. The Kier molecular flexibility index (Phi) is 2.83. The van der Waals surface area contributed by atoms with Crippen LogP contribution < -0.4 is 0 Å². The molecule has 0 spiro atoms. The SMILES string of the molecule is O=C=NCC1(c2ccc(Cl)cc2Cl)CC1. The zero-order valence-electron chi connectivity index (χ0n) is 7.96. The highest BCUT2D eigenvalue weighted by atomic mass is 35.5. The van der Waals surface area contributed by atoms with Gasteiger partial charge in [0.1, 0.15) is 0 Å². The molecular formula is C11H9Cl2NO. The van der Waals surface area contributed by atoms with Gasteiger partial charge < -0.3 is 0 Å². The molecule has 0 saturated heterocycles. The first-order valence-corrected chi connectivity index (χ1v) is 5.43. The van der Waals surface area contributed by atoms with Gasteiger partial charge in [-0.2, -0.15) is 0 Å². The third-order valence-electron chi connectivity index (χ3n) is 2.80. The summed E-state index contributed by atoms with van der Waals surface area (Å²) in [4.78, 5) is 13.8. The molecular weight excluding hydrogens is 233 g/mol. The van der Waals surface area contributed by atoms with E-state index in [1.54, 1.807) is 12.1 Å². The summed E-state index contributed by atoms with van der Waals surface area (Å²) in [6.07, 6.45) is 3.60. The van der Waals surface area contributed by atoms with Crippen LogP contribution >= 0.6 is 23.2 Å². The molecule has 2 nitrogen and oxygen atoms in total. The number of benzene rings is 1. The molecule has 0 atom stereocenters. The highest BCUT2D eigenvalue weighted by molar-refractivity contribution is 6.35. The molecule has 0 heterocycles. The van der Waals surface area contributed by atoms with E-state index < -0.39 is 0 Å². The van der Waals surface area contributed by atoms with Gasteiger partial charge in [0.05, 0.1) is 6.54 Å². The highest BCUT2D eigenvalue weighted by Crippen LogP contribution is 2.50. The van der Waals surface area contributed by atoms with E-state index in [0.29, 0.717) is 16.6 Å². The first-order chi connectivity index (χ1) is 7.18. The summed E-state index contributed by atoms with van der Waals surface area (Å²) in [5, 5.41) is 1.28. The predicted molar refractivity (Wildman–Crippen MR) is 60.4 cm³/mol. The Morgan fingerprint density at radius 2 is 2.13 bits per heavy atom. The Morgan fingerprint density at radius 1 is 1.40 bits per heavy atom. The largest absolute Gasteiger partial charge is 0.234 e. The second-order valence-electron chi connectivity index (χ2n) is 3.81. The van der Waals surface area contributed by atoms with Crippen LogP contribution in [0.5, 0.6) is 0 Å². The Labute approximate surface area is 97.9 Å². The summed E-state index contributed by atoms with van der Waals surface area (Å²) in [5.41, 5.74) is 0.992. The molecule has 0 amide bonds. The number of hydrogen-bond donors (Lipinski definition) is 0. The minimum Gasteiger partial charge on any atom is -0.211 e. The van der Waals surface area contributed by atoms with E-state index in [9.17, 15) is 4.79 Å². The van der Waals surface area contributed by atoms with Crippen molar-refractivity contribution in [3.63, 3.8) is 0 Å². The summed E-state index contributed by atoms with van der Waals surface area (Å²) < 4.78 is 0. The minimum atomic E-state index is -0.0426. The van der Waals surface area contributed by atoms with Crippen LogP contribution in [0.2, 0.25) is 10.0 Å². The molecule has 1 aromatic carbocycles. The molecule has 1 aromatic rings. The average molecular weight is 242 g/mol. The van der Waals surface area contributed by atoms with Crippen LogP contribution in [0.1, 0.15) is 18.4 Å². The van der Waals surface area contributed by atoms with E-state index in [2.05, 4.69) is 4.99 Å². The molecule has 1 saturated carbocycles. The van der Waals surface area contributed by atoms with E-state index in [-0.39, 0.29) is 5.41 Å². The maximum atomic E-state index is 10.1. The molecule has 0 aliphatic heterocycles. The van der Waals surface area contributed by atoms with Crippen LogP contribution in [0.15, 0.2) is 23.2 Å². The van der Waals surface area contributed by atoms with Gasteiger partial charge in [-0.05, 0) is 30.5 Å². The quantitative estimate of drug-likeness (QED) is 0.590. The van der Waals surface area contributed by atoms with Crippen LogP contribution in [-0.2, 0) is 10.2 Å². The maximum Gasteiger partial charge on any atom is 0.234 e. The van der Waals surface area contributed by atoms with E-state index >= 15 is 0 Å². The van der Waals surface area contributed by atoms with Gasteiger partial charge >= 0.3 is 0 Å². The van der Waals surface area contributed by atoms with Gasteiger partial charge in [-0.1, -0.05) is 29.3 Å². The molecule has 0 radical (unpaired) electrons. The minimum absolute atomic E-state index is 0.0426. The predicted octanol–water partition coefficient (Wildman–Crippen LogP) is 3.36. The topological polar surface area (TPSA) is 29.4 Å². The van der Waals surface area contributed by atoms with Crippen LogP contribution in [0.3, 0.4) is 0 Å². The van der Waals surface area contributed by atoms with Crippen molar-refractivity contribution < 1.29 is 4.79 Å². The number of hydrogen-bond acceptors (Lipinski definition) is 2. The summed E-state index contributed by atoms with van der Waals surface area (Å²) in [6, 6.07) is 5.45. The maximum absolute atomic E-state index is 10.1. The fraction of sp³-hybridized carbons (Fsp3) is 0.364. The number of isocyanates is 1. The zero-order chi connectivity index (χ0) is 10.9. The normalized spacial score (nSPS) is 16.9. The first kappa shape index (κ1) is 10.7. The van der Waals surface area contributed by atoms with Gasteiger partial charge in [-0.25, -0.2) is 9.79 Å². The van der Waals surface area contributed by atoms with Gasteiger partial charge in [0, 0.05) is 15.5 Å². The number of rotatable bonds is 3. The van der Waals surface area contributed by atoms with Gasteiger partial charge in [0.25, 0.3) is 0 Å². The molecule has 0 unspecified atom stereocenters. The third kappa shape index (κ3) is 2.07. The van der Waals surface area contributed by atoms with Gasteiger partial charge in [0.15, 0.2) is 0 Å². The van der Waals surface area contributed by atoms with Crippen molar-refractivity contribution in [2.75, 3.05) is 6.54 Å². The fourth-order valence-electron chi connectivity index (χ4n) is 1.77. The number of aliphatic imine (C=N–C) groups is 1. The Hall–Kier alpha value is -0.820. The number of halogens is 2. The molecule has 78 valence electrons. The van der Waals surface area contributed by atoms with Crippen LogP contribution in [-0.4, -0.2) is 12.6 Å². The summed E-state index contributed by atoms with van der Waals surface area (Å²) in [5.74, 6) is 0. The van der Waals surface area contributed by atoms with Crippen molar-refractivity contribution in [2.24, 2.45) is 4.99 Å². The lowest BCUT2D eigenvalue weighted by molar-refractivity contribution is 0.559. The zero-order valence-corrected chi connectivity index (χ0v) is 9.48. The molecule has 1 fully saturated rings. The lowest BCUT2D eigenvalue weighted by Crippen LogP contribution is -2.11. The molecule has 1 aliphatic carbocycles. The molecule has 4 heteroatoms. The fourth-order valence-corrected chi connectivity index (χ4v) is 2.38. The molecule has 15 heavy (non-hydrogen) atoms. The Balaban J connectivity index is 2.33. The summed E-state index contributed by atoms with van der Waals surface area (Å²) in [6.45, 7) is 0.470. The van der Waals surface area contributed by atoms with E-state index in [4.69, 9.17) is 23.2 Å². The summed E-state index contributed by atoms with van der Waals surface area (Å²) in [7, 11) is 0. The van der Waals surface area contributed by atoms with Gasteiger partial charge in [-0.3, -0.25) is 0 Å². The van der Waals surface area contributed by atoms with Crippen molar-refractivity contribution in [1.29, 1.82) is 0 Å². The molecule has 0 aromatic heterocycles. The molecule has 2 rings (SSSR count). The van der Waals surface area contributed by atoms with Crippen molar-refractivity contribution in [3.8, 4) is 0 Å². The van der Waals surface area contributed by atoms with E-state index in [1.807, 2.05) is 12.1 Å². The monoisotopic (exact) mass is 241 g/mol. The van der Waals surface area contributed by atoms with Crippen LogP contribution in [0.4, 0.5) is 0 Å². The van der Waals surface area contributed by atoms with Crippen molar-refractivity contribution in [1.82, 2.24) is 0 Å². The van der Waals surface area contributed by atoms with Crippen molar-refractivity contribution in [3.05, 3.63) is 33.8 Å². The van der Waals surface area contributed by atoms with E-state index in [1.165, 1.54) is 0 Å². The Morgan fingerprint density at radius 3 is 2.67 bits per heavy atom. The first-order valence-electron chi connectivity index (χ1n) is 4.67. The molecule has 0 N–H and O–H groups in total. The van der Waals surface area contributed by atoms with Gasteiger partial charge in [0.2, 0.25) is 6.08 Å². The number of nitrogens with zero attached hydrogens (tertiary/aromatic N) is 1.